The molecule has 0 bridgehead atoms. The van der Waals surface area contributed by atoms with Crippen LogP contribution in [0.25, 0.3) is 0 Å². The first kappa shape index (κ1) is 12.9. The highest BCUT2D eigenvalue weighted by atomic mass is 32.2. The van der Waals surface area contributed by atoms with Crippen LogP contribution in [-0.2, 0) is 13.1 Å². The first-order valence-corrected chi connectivity index (χ1v) is 7.22. The van der Waals surface area contributed by atoms with Crippen molar-refractivity contribution in [2.45, 2.75) is 19.5 Å². The van der Waals surface area contributed by atoms with Crippen LogP contribution in [0, 0.1) is 5.82 Å². The van der Waals surface area contributed by atoms with E-state index in [1.54, 1.807) is 6.07 Å². The fraction of sp³-hybridized carbons (Fsp3) is 0.538. The van der Waals surface area contributed by atoms with Crippen LogP contribution in [0.2, 0.25) is 0 Å². The highest BCUT2D eigenvalue weighted by molar-refractivity contribution is 7.99. The molecular formula is C13H19FN2S. The van der Waals surface area contributed by atoms with E-state index in [2.05, 4.69) is 4.90 Å². The molecule has 94 valence electrons. The maximum atomic E-state index is 13.1. The van der Waals surface area contributed by atoms with Gasteiger partial charge in [0.25, 0.3) is 0 Å². The summed E-state index contributed by atoms with van der Waals surface area (Å²) in [6, 6.07) is 4.96. The van der Waals surface area contributed by atoms with Crippen LogP contribution in [0.5, 0.6) is 0 Å². The SMILES string of the molecule is NCc1cc(F)ccc1CN1CCCSCC1. The van der Waals surface area contributed by atoms with Crippen molar-refractivity contribution < 1.29 is 4.39 Å². The van der Waals surface area contributed by atoms with Gasteiger partial charge in [-0.05, 0) is 42.0 Å². The third kappa shape index (κ3) is 3.69. The standard InChI is InChI=1S/C13H19FN2S/c14-13-3-2-11(12(8-13)9-15)10-16-4-1-6-17-7-5-16/h2-3,8H,1,4-7,9-10,15H2. The number of hydrogen-bond donors (Lipinski definition) is 1. The van der Waals surface area contributed by atoms with E-state index in [-0.39, 0.29) is 5.82 Å². The van der Waals surface area contributed by atoms with Crippen molar-refractivity contribution >= 4 is 11.8 Å². The average molecular weight is 254 g/mol. The Bertz CT molecular complexity index is 362. The number of hydrogen-bond acceptors (Lipinski definition) is 3. The molecule has 1 aromatic rings. The van der Waals surface area contributed by atoms with Gasteiger partial charge in [0.05, 0.1) is 0 Å². The molecule has 0 amide bonds. The Morgan fingerprint density at radius 2 is 2.12 bits per heavy atom. The second-order valence-electron chi connectivity index (χ2n) is 4.36. The Morgan fingerprint density at radius 1 is 1.24 bits per heavy atom. The van der Waals surface area contributed by atoms with E-state index >= 15 is 0 Å². The molecule has 0 aliphatic carbocycles. The maximum Gasteiger partial charge on any atom is 0.123 e. The first-order chi connectivity index (χ1) is 8.29. The van der Waals surface area contributed by atoms with Crippen molar-refractivity contribution in [3.63, 3.8) is 0 Å². The molecule has 2 rings (SSSR count). The molecule has 1 saturated heterocycles. The monoisotopic (exact) mass is 254 g/mol. The molecule has 0 aromatic heterocycles. The Labute approximate surface area is 106 Å². The quantitative estimate of drug-likeness (QED) is 0.897. The lowest BCUT2D eigenvalue weighted by atomic mass is 10.1. The van der Waals surface area contributed by atoms with Gasteiger partial charge in [0.2, 0.25) is 0 Å². The van der Waals surface area contributed by atoms with Crippen LogP contribution in [0.15, 0.2) is 18.2 Å². The molecule has 17 heavy (non-hydrogen) atoms. The van der Waals surface area contributed by atoms with Crippen LogP contribution in [0.4, 0.5) is 4.39 Å². The molecule has 2 N–H and O–H groups in total. The van der Waals surface area contributed by atoms with Crippen LogP contribution in [0.3, 0.4) is 0 Å². The van der Waals surface area contributed by atoms with Gasteiger partial charge in [0, 0.05) is 25.4 Å². The zero-order valence-corrected chi connectivity index (χ0v) is 10.8. The predicted octanol–water partition coefficient (Wildman–Crippen LogP) is 2.22. The summed E-state index contributed by atoms with van der Waals surface area (Å²) in [7, 11) is 0. The molecule has 0 saturated carbocycles. The van der Waals surface area contributed by atoms with Gasteiger partial charge in [-0.2, -0.15) is 11.8 Å². The largest absolute Gasteiger partial charge is 0.326 e. The van der Waals surface area contributed by atoms with Crippen molar-refractivity contribution in [3.05, 3.63) is 35.1 Å². The summed E-state index contributed by atoms with van der Waals surface area (Å²) >= 11 is 2.02. The van der Waals surface area contributed by atoms with E-state index in [4.69, 9.17) is 5.73 Å². The molecule has 0 atom stereocenters. The molecule has 1 fully saturated rings. The van der Waals surface area contributed by atoms with Crippen molar-refractivity contribution in [3.8, 4) is 0 Å². The molecule has 1 aromatic carbocycles. The molecule has 4 heteroatoms. The van der Waals surface area contributed by atoms with E-state index in [9.17, 15) is 4.39 Å². The van der Waals surface area contributed by atoms with Crippen molar-refractivity contribution in [2.75, 3.05) is 24.6 Å². The lowest BCUT2D eigenvalue weighted by Crippen LogP contribution is -2.26. The van der Waals surface area contributed by atoms with E-state index in [0.717, 1.165) is 25.2 Å². The van der Waals surface area contributed by atoms with Crippen molar-refractivity contribution in [1.82, 2.24) is 4.90 Å². The fourth-order valence-corrected chi connectivity index (χ4v) is 3.06. The lowest BCUT2D eigenvalue weighted by molar-refractivity contribution is 0.286. The summed E-state index contributed by atoms with van der Waals surface area (Å²) in [5, 5.41) is 0. The molecule has 1 aliphatic heterocycles. The highest BCUT2D eigenvalue weighted by Gasteiger charge is 2.11. The fourth-order valence-electron chi connectivity index (χ4n) is 2.14. The number of nitrogens with two attached hydrogens (primary N) is 1. The van der Waals surface area contributed by atoms with Crippen LogP contribution >= 0.6 is 11.8 Å². The Hall–Kier alpha value is -0.580. The van der Waals surface area contributed by atoms with Gasteiger partial charge in [-0.15, -0.1) is 0 Å². The molecule has 1 aliphatic rings. The first-order valence-electron chi connectivity index (χ1n) is 6.07. The van der Waals surface area contributed by atoms with E-state index in [1.807, 2.05) is 17.8 Å². The molecule has 2 nitrogen and oxygen atoms in total. The number of benzene rings is 1. The van der Waals surface area contributed by atoms with E-state index in [0.29, 0.717) is 6.54 Å². The minimum Gasteiger partial charge on any atom is -0.326 e. The summed E-state index contributed by atoms with van der Waals surface area (Å²) in [6.45, 7) is 3.56. The number of nitrogens with zero attached hydrogens (tertiary/aromatic N) is 1. The smallest absolute Gasteiger partial charge is 0.123 e. The maximum absolute atomic E-state index is 13.1. The van der Waals surface area contributed by atoms with Gasteiger partial charge in [-0.25, -0.2) is 4.39 Å². The van der Waals surface area contributed by atoms with Gasteiger partial charge >= 0.3 is 0 Å². The predicted molar refractivity (Wildman–Crippen MR) is 71.5 cm³/mol. The lowest BCUT2D eigenvalue weighted by Gasteiger charge is -2.21. The zero-order chi connectivity index (χ0) is 12.1. The third-order valence-corrected chi connectivity index (χ3v) is 4.15. The summed E-state index contributed by atoms with van der Waals surface area (Å²) in [5.41, 5.74) is 7.77. The van der Waals surface area contributed by atoms with Gasteiger partial charge in [-0.3, -0.25) is 4.90 Å². The topological polar surface area (TPSA) is 29.3 Å². The van der Waals surface area contributed by atoms with Gasteiger partial charge in [0.15, 0.2) is 0 Å². The minimum atomic E-state index is -0.194. The minimum absolute atomic E-state index is 0.194. The second kappa shape index (κ2) is 6.38. The number of rotatable bonds is 3. The van der Waals surface area contributed by atoms with Crippen LogP contribution in [0.1, 0.15) is 17.5 Å². The highest BCUT2D eigenvalue weighted by Crippen LogP contribution is 2.16. The Morgan fingerprint density at radius 3 is 2.94 bits per heavy atom. The molecule has 0 spiro atoms. The summed E-state index contributed by atoms with van der Waals surface area (Å²) in [4.78, 5) is 2.44. The Kier molecular flexibility index (Phi) is 4.83. The normalized spacial score (nSPS) is 18.0. The summed E-state index contributed by atoms with van der Waals surface area (Å²) < 4.78 is 13.1. The van der Waals surface area contributed by atoms with Crippen molar-refractivity contribution in [2.24, 2.45) is 5.73 Å². The van der Waals surface area contributed by atoms with Crippen LogP contribution in [-0.4, -0.2) is 29.5 Å². The molecular weight excluding hydrogens is 235 g/mol. The van der Waals surface area contributed by atoms with Crippen LogP contribution < -0.4 is 5.73 Å². The van der Waals surface area contributed by atoms with Gasteiger partial charge < -0.3 is 5.73 Å². The third-order valence-electron chi connectivity index (χ3n) is 3.10. The molecule has 1 heterocycles. The van der Waals surface area contributed by atoms with Gasteiger partial charge in [0.1, 0.15) is 5.82 Å². The van der Waals surface area contributed by atoms with Gasteiger partial charge in [-0.1, -0.05) is 6.07 Å². The molecule has 0 radical (unpaired) electrons. The van der Waals surface area contributed by atoms with Crippen molar-refractivity contribution in [1.29, 1.82) is 0 Å². The number of halogens is 1. The average Bonchev–Trinajstić information content (AvgIpc) is 2.60. The van der Waals surface area contributed by atoms with E-state index in [1.165, 1.54) is 29.6 Å². The second-order valence-corrected chi connectivity index (χ2v) is 5.58. The summed E-state index contributed by atoms with van der Waals surface area (Å²) in [5.74, 6) is 2.25. The van der Waals surface area contributed by atoms with E-state index < -0.39 is 0 Å². The Balaban J connectivity index is 2.06. The molecule has 0 unspecified atom stereocenters. The number of thioether (sulfide) groups is 1. The zero-order valence-electron chi connectivity index (χ0n) is 9.99. The summed E-state index contributed by atoms with van der Waals surface area (Å²) in [6.07, 6.45) is 1.24.